The van der Waals surface area contributed by atoms with Gasteiger partial charge in [0, 0.05) is 7.11 Å². The molecule has 0 saturated heterocycles. The number of ether oxygens (including phenoxy) is 2. The summed E-state index contributed by atoms with van der Waals surface area (Å²) in [6.45, 7) is 3.80. The van der Waals surface area contributed by atoms with Crippen LogP contribution < -0.4 is 0 Å². The van der Waals surface area contributed by atoms with E-state index in [1.807, 2.05) is 0 Å². The average molecular weight is 133 g/mol. The van der Waals surface area contributed by atoms with E-state index in [1.54, 1.807) is 7.11 Å². The fourth-order valence-corrected chi connectivity index (χ4v) is 0.371. The van der Waals surface area contributed by atoms with Gasteiger partial charge in [-0.1, -0.05) is 0 Å². The second kappa shape index (κ2) is 3.82. The molecule has 0 amide bonds. The van der Waals surface area contributed by atoms with Crippen LogP contribution >= 0.6 is 0 Å². The fraction of sp³-hybridized carbons (Fsp3) is 1.00. The molecular formula is C6H13O3. The first kappa shape index (κ1) is 8.88. The molecule has 0 spiro atoms. The molecule has 0 fully saturated rings. The number of rotatable bonds is 4. The molecule has 0 aromatic heterocycles. The SMILES string of the molecule is COCCOC(C)(C)[O]. The van der Waals surface area contributed by atoms with Crippen molar-refractivity contribution in [3.63, 3.8) is 0 Å². The van der Waals surface area contributed by atoms with Gasteiger partial charge in [0.1, 0.15) is 0 Å². The highest BCUT2D eigenvalue weighted by Crippen LogP contribution is 2.02. The average Bonchev–Trinajstić information content (AvgIpc) is 1.63. The highest BCUT2D eigenvalue weighted by Gasteiger charge is 2.13. The minimum atomic E-state index is -1.28. The smallest absolute Gasteiger partial charge is 0.196 e. The predicted molar refractivity (Wildman–Crippen MR) is 32.6 cm³/mol. The number of hydrogen-bond donors (Lipinski definition) is 0. The molecule has 0 bridgehead atoms. The van der Waals surface area contributed by atoms with E-state index in [0.29, 0.717) is 13.2 Å². The zero-order chi connectivity index (χ0) is 7.33. The lowest BCUT2D eigenvalue weighted by Crippen LogP contribution is -2.23. The van der Waals surface area contributed by atoms with Gasteiger partial charge in [-0.3, -0.25) is 0 Å². The normalized spacial score (nSPS) is 12.0. The van der Waals surface area contributed by atoms with Crippen LogP contribution in [-0.4, -0.2) is 26.1 Å². The minimum absolute atomic E-state index is 0.368. The zero-order valence-corrected chi connectivity index (χ0v) is 6.14. The lowest BCUT2D eigenvalue weighted by atomic mass is 10.4. The van der Waals surface area contributed by atoms with E-state index in [-0.39, 0.29) is 0 Å². The van der Waals surface area contributed by atoms with Crippen LogP contribution in [0.2, 0.25) is 0 Å². The Kier molecular flexibility index (Phi) is 3.77. The third kappa shape index (κ3) is 7.88. The summed E-state index contributed by atoms with van der Waals surface area (Å²) in [7, 11) is 1.57. The summed E-state index contributed by atoms with van der Waals surface area (Å²) in [6.07, 6.45) is 0. The van der Waals surface area contributed by atoms with Crippen LogP contribution in [0.25, 0.3) is 0 Å². The molecule has 0 unspecified atom stereocenters. The third-order valence-electron chi connectivity index (χ3n) is 0.737. The number of methoxy groups -OCH3 is 1. The summed E-state index contributed by atoms with van der Waals surface area (Å²) >= 11 is 0. The van der Waals surface area contributed by atoms with Crippen molar-refractivity contribution in [2.45, 2.75) is 19.6 Å². The Morgan fingerprint density at radius 2 is 1.89 bits per heavy atom. The van der Waals surface area contributed by atoms with Gasteiger partial charge < -0.3 is 9.47 Å². The van der Waals surface area contributed by atoms with Gasteiger partial charge in [-0.2, -0.15) is 5.11 Å². The van der Waals surface area contributed by atoms with Crippen molar-refractivity contribution in [2.75, 3.05) is 20.3 Å². The molecule has 3 nitrogen and oxygen atoms in total. The van der Waals surface area contributed by atoms with Gasteiger partial charge in [-0.05, 0) is 13.8 Å². The Balaban J connectivity index is 3.07. The maximum absolute atomic E-state index is 10.7. The van der Waals surface area contributed by atoms with E-state index in [4.69, 9.17) is 4.74 Å². The van der Waals surface area contributed by atoms with Crippen LogP contribution in [0, 0.1) is 0 Å². The Bertz CT molecular complexity index is 65.2. The lowest BCUT2D eigenvalue weighted by molar-refractivity contribution is -0.219. The van der Waals surface area contributed by atoms with Gasteiger partial charge in [0.15, 0.2) is 5.79 Å². The highest BCUT2D eigenvalue weighted by molar-refractivity contribution is 4.46. The van der Waals surface area contributed by atoms with Gasteiger partial charge in [-0.15, -0.1) is 0 Å². The molecule has 0 aliphatic heterocycles. The molecule has 0 N–H and O–H groups in total. The second-order valence-electron chi connectivity index (χ2n) is 2.24. The quantitative estimate of drug-likeness (QED) is 0.420. The van der Waals surface area contributed by atoms with Crippen molar-refractivity contribution in [3.05, 3.63) is 0 Å². The zero-order valence-electron chi connectivity index (χ0n) is 6.14. The summed E-state index contributed by atoms with van der Waals surface area (Å²) < 4.78 is 9.46. The minimum Gasteiger partial charge on any atom is -0.382 e. The molecule has 1 radical (unpaired) electrons. The maximum Gasteiger partial charge on any atom is 0.196 e. The largest absolute Gasteiger partial charge is 0.382 e. The van der Waals surface area contributed by atoms with Crippen LogP contribution in [0.4, 0.5) is 0 Å². The van der Waals surface area contributed by atoms with Crippen LogP contribution in [0.1, 0.15) is 13.8 Å². The first-order chi connectivity index (χ1) is 4.06. The van der Waals surface area contributed by atoms with E-state index < -0.39 is 5.79 Å². The third-order valence-corrected chi connectivity index (χ3v) is 0.737. The van der Waals surface area contributed by atoms with Crippen molar-refractivity contribution < 1.29 is 14.6 Å². The molecule has 55 valence electrons. The standard InChI is InChI=1S/C6H13O3/c1-6(2,7)9-5-4-8-3/h4-5H2,1-3H3. The Labute approximate surface area is 55.6 Å². The molecular weight excluding hydrogens is 120 g/mol. The molecule has 0 heterocycles. The Hall–Kier alpha value is -0.120. The molecule has 0 aromatic carbocycles. The molecule has 0 rings (SSSR count). The van der Waals surface area contributed by atoms with Crippen molar-refractivity contribution in [1.29, 1.82) is 0 Å². The van der Waals surface area contributed by atoms with Crippen molar-refractivity contribution in [2.24, 2.45) is 0 Å². The first-order valence-corrected chi connectivity index (χ1v) is 2.89. The second-order valence-corrected chi connectivity index (χ2v) is 2.24. The van der Waals surface area contributed by atoms with Crippen LogP contribution in [-0.2, 0) is 14.6 Å². The summed E-state index contributed by atoms with van der Waals surface area (Å²) in [5.41, 5.74) is 0. The summed E-state index contributed by atoms with van der Waals surface area (Å²) in [5.74, 6) is -1.28. The van der Waals surface area contributed by atoms with Gasteiger partial charge >= 0.3 is 0 Å². The molecule has 9 heavy (non-hydrogen) atoms. The molecule has 0 saturated carbocycles. The molecule has 3 heteroatoms. The monoisotopic (exact) mass is 133 g/mol. The maximum atomic E-state index is 10.7. The fourth-order valence-electron chi connectivity index (χ4n) is 0.371. The Morgan fingerprint density at radius 1 is 1.33 bits per heavy atom. The van der Waals surface area contributed by atoms with Crippen LogP contribution in [0.5, 0.6) is 0 Å². The van der Waals surface area contributed by atoms with Gasteiger partial charge in [0.2, 0.25) is 0 Å². The summed E-state index contributed by atoms with van der Waals surface area (Å²) in [6, 6.07) is 0. The van der Waals surface area contributed by atoms with Crippen molar-refractivity contribution in [1.82, 2.24) is 0 Å². The predicted octanol–water partition coefficient (Wildman–Crippen LogP) is 0.816. The van der Waals surface area contributed by atoms with E-state index in [2.05, 4.69) is 4.74 Å². The van der Waals surface area contributed by atoms with Gasteiger partial charge in [0.25, 0.3) is 0 Å². The molecule has 0 atom stereocenters. The first-order valence-electron chi connectivity index (χ1n) is 2.89. The van der Waals surface area contributed by atoms with Crippen LogP contribution in [0.3, 0.4) is 0 Å². The topological polar surface area (TPSA) is 38.4 Å². The van der Waals surface area contributed by atoms with E-state index in [9.17, 15) is 5.11 Å². The summed E-state index contributed by atoms with van der Waals surface area (Å²) in [5, 5.41) is 10.7. The van der Waals surface area contributed by atoms with Crippen molar-refractivity contribution in [3.8, 4) is 0 Å². The lowest BCUT2D eigenvalue weighted by Gasteiger charge is -2.14. The Morgan fingerprint density at radius 3 is 2.22 bits per heavy atom. The van der Waals surface area contributed by atoms with E-state index >= 15 is 0 Å². The highest BCUT2D eigenvalue weighted by atomic mass is 16.6. The number of hydrogen-bond acceptors (Lipinski definition) is 2. The summed E-state index contributed by atoms with van der Waals surface area (Å²) in [4.78, 5) is 0. The molecule has 0 aliphatic rings. The van der Waals surface area contributed by atoms with E-state index in [1.165, 1.54) is 13.8 Å². The van der Waals surface area contributed by atoms with Gasteiger partial charge in [-0.25, -0.2) is 0 Å². The van der Waals surface area contributed by atoms with Crippen LogP contribution in [0.15, 0.2) is 0 Å². The molecule has 0 aromatic rings. The van der Waals surface area contributed by atoms with Gasteiger partial charge in [0.05, 0.1) is 13.2 Å². The molecule has 0 aliphatic carbocycles. The van der Waals surface area contributed by atoms with E-state index in [0.717, 1.165) is 0 Å². The van der Waals surface area contributed by atoms with Crippen molar-refractivity contribution >= 4 is 0 Å².